The number of ether oxygens (including phenoxy) is 3. The lowest BCUT2D eigenvalue weighted by Gasteiger charge is -2.31. The monoisotopic (exact) mass is 496 g/mol. The lowest BCUT2D eigenvalue weighted by molar-refractivity contribution is -0.00691. The van der Waals surface area contributed by atoms with Gasteiger partial charge in [-0.1, -0.05) is 42.5 Å². The molecule has 3 heterocycles. The highest BCUT2D eigenvalue weighted by Crippen LogP contribution is 2.38. The van der Waals surface area contributed by atoms with Crippen molar-refractivity contribution in [2.45, 2.75) is 31.4 Å². The van der Waals surface area contributed by atoms with E-state index >= 15 is 8.78 Å². The van der Waals surface area contributed by atoms with E-state index in [9.17, 15) is 0 Å². The topological polar surface area (TPSA) is 60.0 Å². The van der Waals surface area contributed by atoms with Gasteiger partial charge < -0.3 is 24.0 Å². The molecule has 0 amide bonds. The van der Waals surface area contributed by atoms with Gasteiger partial charge in [-0.15, -0.1) is 0 Å². The van der Waals surface area contributed by atoms with Gasteiger partial charge in [0, 0.05) is 32.1 Å². The Morgan fingerprint density at radius 2 is 1.72 bits per heavy atom. The van der Waals surface area contributed by atoms with Crippen LogP contribution in [0.15, 0.2) is 60.7 Å². The van der Waals surface area contributed by atoms with E-state index in [2.05, 4.69) is 9.88 Å². The molecule has 2 aliphatic heterocycles. The Morgan fingerprint density at radius 1 is 0.972 bits per heavy atom. The third-order valence-electron chi connectivity index (χ3n) is 6.64. The number of morpholine rings is 1. The molecule has 0 radical (unpaired) electrons. The summed E-state index contributed by atoms with van der Waals surface area (Å²) < 4.78 is 46.8. The van der Waals surface area contributed by atoms with Crippen LogP contribution in [-0.4, -0.2) is 61.9 Å². The van der Waals surface area contributed by atoms with Crippen LogP contribution in [0.25, 0.3) is 0 Å². The molecule has 0 aliphatic carbocycles. The van der Waals surface area contributed by atoms with E-state index in [1.165, 1.54) is 0 Å². The number of benzene rings is 2. The average molecular weight is 497 g/mol. The molecule has 5 rings (SSSR count). The Kier molecular flexibility index (Phi) is 7.18. The van der Waals surface area contributed by atoms with E-state index < -0.39 is 12.0 Å². The number of alkyl halides is 2. The summed E-state index contributed by atoms with van der Waals surface area (Å²) in [7, 11) is 1.62. The lowest BCUT2D eigenvalue weighted by Crippen LogP contribution is -2.42. The minimum Gasteiger partial charge on any atom is -0.497 e. The van der Waals surface area contributed by atoms with E-state index in [4.69, 9.17) is 19.2 Å². The van der Waals surface area contributed by atoms with Crippen LogP contribution in [0, 0.1) is 0 Å². The van der Waals surface area contributed by atoms with Crippen molar-refractivity contribution in [1.82, 2.24) is 9.97 Å². The molecule has 2 saturated heterocycles. The first kappa shape index (κ1) is 24.2. The molecule has 190 valence electrons. The molecular weight excluding hydrogens is 466 g/mol. The van der Waals surface area contributed by atoms with E-state index in [-0.39, 0.29) is 31.9 Å². The maximum absolute atomic E-state index is 15.1. The van der Waals surface area contributed by atoms with E-state index in [1.807, 2.05) is 54.6 Å². The van der Waals surface area contributed by atoms with Crippen molar-refractivity contribution in [3.05, 3.63) is 71.8 Å². The minimum absolute atomic E-state index is 0.176. The highest BCUT2D eigenvalue weighted by Gasteiger charge is 2.49. The zero-order valence-electron chi connectivity index (χ0n) is 20.3. The van der Waals surface area contributed by atoms with Crippen LogP contribution in [0.5, 0.6) is 11.6 Å². The minimum atomic E-state index is -2.85. The Hall–Kier alpha value is -3.46. The molecule has 36 heavy (non-hydrogen) atoms. The molecule has 1 aromatic heterocycles. The van der Waals surface area contributed by atoms with Crippen molar-refractivity contribution >= 4 is 11.8 Å². The second kappa shape index (κ2) is 10.7. The molecule has 0 saturated carbocycles. The highest BCUT2D eigenvalue weighted by atomic mass is 19.3. The Bertz CT molecular complexity index is 1140. The molecule has 9 heteroatoms. The van der Waals surface area contributed by atoms with Gasteiger partial charge in [-0.3, -0.25) is 0 Å². The van der Waals surface area contributed by atoms with Crippen molar-refractivity contribution in [3.8, 4) is 11.6 Å². The second-order valence-corrected chi connectivity index (χ2v) is 9.01. The first-order chi connectivity index (χ1) is 17.5. The summed E-state index contributed by atoms with van der Waals surface area (Å²) >= 11 is 0. The summed E-state index contributed by atoms with van der Waals surface area (Å²) in [6.45, 7) is 2.96. The molecule has 0 N–H and O–H groups in total. The summed E-state index contributed by atoms with van der Waals surface area (Å²) in [6, 6.07) is 17.7. The summed E-state index contributed by atoms with van der Waals surface area (Å²) in [5.41, 5.74) is 1.80. The van der Waals surface area contributed by atoms with Crippen LogP contribution < -0.4 is 19.3 Å². The second-order valence-electron chi connectivity index (χ2n) is 9.01. The lowest BCUT2D eigenvalue weighted by atomic mass is 10.0. The van der Waals surface area contributed by atoms with Crippen molar-refractivity contribution in [2.24, 2.45) is 0 Å². The van der Waals surface area contributed by atoms with Gasteiger partial charge in [0.2, 0.25) is 11.8 Å². The zero-order valence-corrected chi connectivity index (χ0v) is 20.3. The van der Waals surface area contributed by atoms with E-state index in [1.54, 1.807) is 18.1 Å². The van der Waals surface area contributed by atoms with Crippen molar-refractivity contribution in [2.75, 3.05) is 49.8 Å². The number of hydrogen-bond acceptors (Lipinski definition) is 7. The standard InChI is InChI=1S/C27H30F2N4O3/c1-34-22-9-7-21(8-10-22)19-36-25-18-24(32-13-15-35-16-14-32)30-26(31-25)33-12-11-27(28,29)23(33)17-20-5-3-2-4-6-20/h2-10,18,23H,11-17,19H2,1H3/t23-/m0/s1. The Labute approximate surface area is 209 Å². The Morgan fingerprint density at radius 3 is 2.44 bits per heavy atom. The molecule has 0 bridgehead atoms. The van der Waals surface area contributed by atoms with Crippen LogP contribution in [0.1, 0.15) is 17.5 Å². The Balaban J connectivity index is 1.43. The molecule has 2 aliphatic rings. The van der Waals surface area contributed by atoms with Gasteiger partial charge in [-0.2, -0.15) is 9.97 Å². The molecule has 1 atom stereocenters. The number of anilines is 2. The van der Waals surface area contributed by atoms with Gasteiger partial charge in [0.05, 0.1) is 26.4 Å². The molecule has 0 unspecified atom stereocenters. The molecule has 0 spiro atoms. The predicted octanol–water partition coefficient (Wildman–Crippen LogP) is 4.36. The number of aromatic nitrogens is 2. The maximum atomic E-state index is 15.1. The van der Waals surface area contributed by atoms with Gasteiger partial charge in [0.1, 0.15) is 18.2 Å². The predicted molar refractivity (Wildman–Crippen MR) is 133 cm³/mol. The largest absolute Gasteiger partial charge is 0.497 e. The van der Waals surface area contributed by atoms with Gasteiger partial charge >= 0.3 is 0 Å². The molecule has 3 aromatic rings. The number of methoxy groups -OCH3 is 1. The van der Waals surface area contributed by atoms with Crippen LogP contribution in [0.2, 0.25) is 0 Å². The van der Waals surface area contributed by atoms with Crippen LogP contribution in [-0.2, 0) is 17.8 Å². The number of rotatable bonds is 8. The van der Waals surface area contributed by atoms with Crippen molar-refractivity contribution < 1.29 is 23.0 Å². The molecule has 2 aromatic carbocycles. The fourth-order valence-electron chi connectivity index (χ4n) is 4.59. The molecule has 2 fully saturated rings. The smallest absolute Gasteiger partial charge is 0.270 e. The third kappa shape index (κ3) is 5.51. The third-order valence-corrected chi connectivity index (χ3v) is 6.64. The van der Waals surface area contributed by atoms with Gasteiger partial charge in [-0.25, -0.2) is 8.78 Å². The summed E-state index contributed by atoms with van der Waals surface area (Å²) in [6.07, 6.45) is -0.0291. The highest BCUT2D eigenvalue weighted by molar-refractivity contribution is 5.50. The van der Waals surface area contributed by atoms with Gasteiger partial charge in [0.25, 0.3) is 5.92 Å². The van der Waals surface area contributed by atoms with Gasteiger partial charge in [-0.05, 0) is 29.7 Å². The normalized spacial score (nSPS) is 19.4. The zero-order chi connectivity index (χ0) is 25.0. The first-order valence-electron chi connectivity index (χ1n) is 12.2. The summed E-state index contributed by atoms with van der Waals surface area (Å²) in [5.74, 6) is -0.815. The molecule has 7 nitrogen and oxygen atoms in total. The van der Waals surface area contributed by atoms with Crippen LogP contribution in [0.4, 0.5) is 20.5 Å². The number of halogens is 2. The first-order valence-corrected chi connectivity index (χ1v) is 12.2. The van der Waals surface area contributed by atoms with E-state index in [0.29, 0.717) is 38.0 Å². The van der Waals surface area contributed by atoms with E-state index in [0.717, 1.165) is 16.9 Å². The van der Waals surface area contributed by atoms with Crippen molar-refractivity contribution in [3.63, 3.8) is 0 Å². The van der Waals surface area contributed by atoms with Crippen LogP contribution in [0.3, 0.4) is 0 Å². The van der Waals surface area contributed by atoms with Crippen LogP contribution >= 0.6 is 0 Å². The maximum Gasteiger partial charge on any atom is 0.270 e. The summed E-state index contributed by atoms with van der Waals surface area (Å²) in [5, 5.41) is 0. The average Bonchev–Trinajstić information content (AvgIpc) is 3.22. The fourth-order valence-corrected chi connectivity index (χ4v) is 4.59. The SMILES string of the molecule is COc1ccc(COc2cc(N3CCOCC3)nc(N3CCC(F)(F)[C@@H]3Cc3ccccc3)n2)cc1. The van der Waals surface area contributed by atoms with Crippen molar-refractivity contribution in [1.29, 1.82) is 0 Å². The number of hydrogen-bond donors (Lipinski definition) is 0. The quantitative estimate of drug-likeness (QED) is 0.459. The fraction of sp³-hybridized carbons (Fsp3) is 0.407. The number of nitrogens with zero attached hydrogens (tertiary/aromatic N) is 4. The van der Waals surface area contributed by atoms with Gasteiger partial charge in [0.15, 0.2) is 0 Å². The summed E-state index contributed by atoms with van der Waals surface area (Å²) in [4.78, 5) is 13.0. The molecular formula is C27H30F2N4O3.